The van der Waals surface area contributed by atoms with E-state index in [2.05, 4.69) is 27.0 Å². The summed E-state index contributed by atoms with van der Waals surface area (Å²) >= 11 is 0. The molecule has 0 aromatic heterocycles. The Labute approximate surface area is 128 Å². The largest absolute Gasteiger partial charge is 0.353 e. The van der Waals surface area contributed by atoms with Gasteiger partial charge in [0.15, 0.2) is 5.96 Å². The molecule has 2 aliphatic rings. The Morgan fingerprint density at radius 2 is 1.90 bits per heavy atom. The van der Waals surface area contributed by atoms with Crippen molar-refractivity contribution in [3.8, 4) is 0 Å². The molecule has 2 unspecified atom stereocenters. The Morgan fingerprint density at radius 1 is 1.29 bits per heavy atom. The number of nitrogens with zero attached hydrogens (tertiary/aromatic N) is 4. The van der Waals surface area contributed by atoms with Crippen LogP contribution in [-0.2, 0) is 4.79 Å². The van der Waals surface area contributed by atoms with Crippen LogP contribution in [0.25, 0.3) is 0 Å². The third-order valence-electron chi connectivity index (χ3n) is 4.45. The smallest absolute Gasteiger partial charge is 0.223 e. The van der Waals surface area contributed by atoms with Gasteiger partial charge in [0.25, 0.3) is 0 Å². The lowest BCUT2D eigenvalue weighted by molar-refractivity contribution is -0.129. The van der Waals surface area contributed by atoms with E-state index in [1.54, 1.807) is 4.90 Å². The molecule has 0 radical (unpaired) electrons. The molecule has 1 saturated heterocycles. The van der Waals surface area contributed by atoms with E-state index < -0.39 is 0 Å². The van der Waals surface area contributed by atoms with Crippen LogP contribution < -0.4 is 5.32 Å². The molecule has 2 fully saturated rings. The first-order valence-corrected chi connectivity index (χ1v) is 7.92. The number of amides is 1. The molecule has 6 nitrogen and oxygen atoms in total. The second-order valence-electron chi connectivity index (χ2n) is 6.38. The van der Waals surface area contributed by atoms with Gasteiger partial charge >= 0.3 is 0 Å². The zero-order valence-corrected chi connectivity index (χ0v) is 13.8. The van der Waals surface area contributed by atoms with Gasteiger partial charge in [0.2, 0.25) is 5.91 Å². The number of carbonyl (C=O) groups excluding carboxylic acids is 1. The highest BCUT2D eigenvalue weighted by molar-refractivity contribution is 5.80. The van der Waals surface area contributed by atoms with E-state index in [0.717, 1.165) is 44.6 Å². The highest BCUT2D eigenvalue weighted by Crippen LogP contribution is 2.29. The van der Waals surface area contributed by atoms with Gasteiger partial charge in [0, 0.05) is 66.3 Å². The predicted molar refractivity (Wildman–Crippen MR) is 85.4 cm³/mol. The fraction of sp³-hybridized carbons (Fsp3) is 0.867. The van der Waals surface area contributed by atoms with Gasteiger partial charge in [-0.05, 0) is 12.3 Å². The second kappa shape index (κ2) is 7.11. The van der Waals surface area contributed by atoms with Gasteiger partial charge in [-0.1, -0.05) is 6.92 Å². The molecule has 0 aromatic rings. The lowest BCUT2D eigenvalue weighted by atomic mass is 10.3. The second-order valence-corrected chi connectivity index (χ2v) is 6.38. The molecule has 120 valence electrons. The molecular formula is C15H29N5O. The standard InChI is InChI=1S/C15H29N5O/c1-12-11-13(12)17-15(16-2)20-9-7-19(8-10-20)6-5-14(21)18(3)4/h12-13H,5-11H2,1-4H3,(H,16,17). The van der Waals surface area contributed by atoms with Crippen molar-refractivity contribution in [2.75, 3.05) is 53.9 Å². The Bertz CT molecular complexity index is 388. The van der Waals surface area contributed by atoms with Crippen LogP contribution in [0.15, 0.2) is 4.99 Å². The molecule has 2 atom stereocenters. The Morgan fingerprint density at radius 3 is 2.38 bits per heavy atom. The maximum Gasteiger partial charge on any atom is 0.223 e. The lowest BCUT2D eigenvalue weighted by Crippen LogP contribution is -2.53. The van der Waals surface area contributed by atoms with Crippen LogP contribution in [0.2, 0.25) is 0 Å². The van der Waals surface area contributed by atoms with Crippen molar-refractivity contribution in [3.63, 3.8) is 0 Å². The molecule has 1 amide bonds. The highest BCUT2D eigenvalue weighted by Gasteiger charge is 2.34. The van der Waals surface area contributed by atoms with Gasteiger partial charge in [0.1, 0.15) is 0 Å². The number of guanidine groups is 1. The van der Waals surface area contributed by atoms with Crippen LogP contribution in [0.1, 0.15) is 19.8 Å². The minimum atomic E-state index is 0.206. The van der Waals surface area contributed by atoms with Crippen LogP contribution in [0.4, 0.5) is 0 Å². The van der Waals surface area contributed by atoms with Crippen molar-refractivity contribution in [3.05, 3.63) is 0 Å². The van der Waals surface area contributed by atoms with Crippen LogP contribution in [-0.4, -0.2) is 86.5 Å². The van der Waals surface area contributed by atoms with E-state index in [9.17, 15) is 4.79 Å². The van der Waals surface area contributed by atoms with Crippen molar-refractivity contribution in [1.29, 1.82) is 0 Å². The summed E-state index contributed by atoms with van der Waals surface area (Å²) in [6.45, 7) is 7.10. The van der Waals surface area contributed by atoms with Crippen LogP contribution in [0, 0.1) is 5.92 Å². The summed E-state index contributed by atoms with van der Waals surface area (Å²) in [5.41, 5.74) is 0. The molecule has 21 heavy (non-hydrogen) atoms. The Hall–Kier alpha value is -1.30. The van der Waals surface area contributed by atoms with Gasteiger partial charge in [-0.3, -0.25) is 14.7 Å². The first kappa shape index (κ1) is 16.1. The monoisotopic (exact) mass is 295 g/mol. The van der Waals surface area contributed by atoms with E-state index in [-0.39, 0.29) is 5.91 Å². The number of hydrogen-bond acceptors (Lipinski definition) is 3. The molecule has 0 aromatic carbocycles. The van der Waals surface area contributed by atoms with E-state index in [4.69, 9.17) is 0 Å². The van der Waals surface area contributed by atoms with Crippen molar-refractivity contribution < 1.29 is 4.79 Å². The molecule has 1 aliphatic heterocycles. The number of rotatable bonds is 4. The summed E-state index contributed by atoms with van der Waals surface area (Å²) in [5.74, 6) is 2.02. The topological polar surface area (TPSA) is 51.2 Å². The Kier molecular flexibility index (Phi) is 5.45. The van der Waals surface area contributed by atoms with Crippen molar-refractivity contribution in [2.45, 2.75) is 25.8 Å². The molecule has 1 aliphatic carbocycles. The fourth-order valence-corrected chi connectivity index (χ4v) is 2.65. The van der Waals surface area contributed by atoms with Crippen molar-refractivity contribution in [1.82, 2.24) is 20.0 Å². The van der Waals surface area contributed by atoms with Crippen molar-refractivity contribution >= 4 is 11.9 Å². The zero-order chi connectivity index (χ0) is 15.4. The third-order valence-corrected chi connectivity index (χ3v) is 4.45. The maximum atomic E-state index is 11.6. The first-order valence-electron chi connectivity index (χ1n) is 7.92. The van der Waals surface area contributed by atoms with E-state index in [1.807, 2.05) is 21.1 Å². The summed E-state index contributed by atoms with van der Waals surface area (Å²) in [5, 5.41) is 3.54. The average molecular weight is 295 g/mol. The average Bonchev–Trinajstić information content (AvgIpc) is 3.18. The fourth-order valence-electron chi connectivity index (χ4n) is 2.65. The van der Waals surface area contributed by atoms with Crippen LogP contribution in [0.3, 0.4) is 0 Å². The minimum absolute atomic E-state index is 0.206. The lowest BCUT2D eigenvalue weighted by Gasteiger charge is -2.36. The molecule has 6 heteroatoms. The number of aliphatic imine (C=N–C) groups is 1. The van der Waals surface area contributed by atoms with Gasteiger partial charge in [0.05, 0.1) is 0 Å². The molecule has 0 bridgehead atoms. The molecule has 1 heterocycles. The van der Waals surface area contributed by atoms with Crippen LogP contribution in [0.5, 0.6) is 0 Å². The Balaban J connectivity index is 1.71. The minimum Gasteiger partial charge on any atom is -0.353 e. The molecule has 1 N–H and O–H groups in total. The quantitative estimate of drug-likeness (QED) is 0.589. The summed E-state index contributed by atoms with van der Waals surface area (Å²) in [6, 6.07) is 0.611. The van der Waals surface area contributed by atoms with Crippen LogP contribution >= 0.6 is 0 Å². The highest BCUT2D eigenvalue weighted by atomic mass is 16.2. The summed E-state index contributed by atoms with van der Waals surface area (Å²) in [4.78, 5) is 22.4. The SMILES string of the molecule is CN=C(NC1CC1C)N1CCN(CCC(=O)N(C)C)CC1. The molecular weight excluding hydrogens is 266 g/mol. The normalized spacial score (nSPS) is 26.7. The van der Waals surface area contributed by atoms with Gasteiger partial charge < -0.3 is 15.1 Å². The summed E-state index contributed by atoms with van der Waals surface area (Å²) in [7, 11) is 5.49. The number of hydrogen-bond donors (Lipinski definition) is 1. The van der Waals surface area contributed by atoms with E-state index in [1.165, 1.54) is 6.42 Å². The molecule has 2 rings (SSSR count). The van der Waals surface area contributed by atoms with E-state index in [0.29, 0.717) is 12.5 Å². The number of nitrogens with one attached hydrogen (secondary N) is 1. The molecule has 0 spiro atoms. The third kappa shape index (κ3) is 4.59. The maximum absolute atomic E-state index is 11.6. The van der Waals surface area contributed by atoms with Gasteiger partial charge in [-0.25, -0.2) is 0 Å². The number of piperazine rings is 1. The number of carbonyl (C=O) groups is 1. The van der Waals surface area contributed by atoms with Gasteiger partial charge in [-0.2, -0.15) is 0 Å². The zero-order valence-electron chi connectivity index (χ0n) is 13.8. The summed E-state index contributed by atoms with van der Waals surface area (Å²) in [6.07, 6.45) is 1.87. The van der Waals surface area contributed by atoms with E-state index >= 15 is 0 Å². The predicted octanol–water partition coefficient (Wildman–Crippen LogP) is 0.0661. The molecule has 1 saturated carbocycles. The first-order chi connectivity index (χ1) is 10.0. The van der Waals surface area contributed by atoms with Gasteiger partial charge in [-0.15, -0.1) is 0 Å². The summed E-state index contributed by atoms with van der Waals surface area (Å²) < 4.78 is 0. The van der Waals surface area contributed by atoms with Crippen molar-refractivity contribution in [2.24, 2.45) is 10.9 Å².